The van der Waals surface area contributed by atoms with Gasteiger partial charge in [0.15, 0.2) is 58.2 Å². The van der Waals surface area contributed by atoms with E-state index in [-0.39, 0.29) is 33.3 Å². The molecule has 0 aromatic heterocycles. The first-order valence-corrected chi connectivity index (χ1v) is 40.0. The van der Waals surface area contributed by atoms with E-state index < -0.39 is 144 Å². The van der Waals surface area contributed by atoms with Gasteiger partial charge in [-0.2, -0.15) is 22.1 Å². The normalized spacial score (nSPS) is 12.9. The standard InChI is InChI=1S/C21H23N3O2.C10H13F2N3O2S.C6H4ClF2NO2S.C6H6F2N2O2S.C6H5F2NO3S.C6H5F2N.C4H9Br2N.BrH.ClHO3S/c1-14-11-15(2)19(12-18(14)21(25)26)23-17-7-9-24(10-8-17)20-6-4-3-5-16(20)13-22;11-7-5-9(15-3-1-14-2-4-15)10(6-8(7)12)18(13,16)17;7-13(11,12)6-2-4(9)3(8)1-5(6)10;2*7-3-1-5(9)6(2-4(3)8)13(10,11)12;7-5-2-1-4(9)3-6(5)8;5-1-3-7-4-2-6;;1-5(2,3)4/h3-6,11-12,17,23H,7-10H2,1-2H3,(H,25,26);5-6,14H,1-4H2,(H2,13,16,17);1-2H,10H2;1-2H,9H2,(H2,10,11,12);1-2H,9H2,(H,10,11,12);1-3H,9H2;7H,1-4H2;1H;(H,2,3,4). The molecule has 2 aliphatic heterocycles. The van der Waals surface area contributed by atoms with Crippen LogP contribution in [0.15, 0.2) is 123 Å². The van der Waals surface area contributed by atoms with Gasteiger partial charge < -0.3 is 53.8 Å². The molecule has 0 spiro atoms. The summed E-state index contributed by atoms with van der Waals surface area (Å²) >= 11 is 6.60. The summed E-state index contributed by atoms with van der Waals surface area (Å²) in [6, 6.07) is 21.5. The second-order valence-corrected chi connectivity index (χ2v) is 31.5. The van der Waals surface area contributed by atoms with Crippen LogP contribution in [0, 0.1) is 83.4 Å². The summed E-state index contributed by atoms with van der Waals surface area (Å²) in [6.07, 6.45) is 1.88. The summed E-state index contributed by atoms with van der Waals surface area (Å²) in [4.78, 5) is 12.8. The lowest BCUT2D eigenvalue weighted by atomic mass is 10.00. The Kier molecular flexibility index (Phi) is 39.9. The van der Waals surface area contributed by atoms with Crippen molar-refractivity contribution < 1.29 is 105 Å². The van der Waals surface area contributed by atoms with Crippen LogP contribution in [0.5, 0.6) is 0 Å². The molecule has 2 heterocycles. The van der Waals surface area contributed by atoms with Crippen molar-refractivity contribution in [3.05, 3.63) is 184 Å². The molecule has 2 saturated heterocycles. The van der Waals surface area contributed by atoms with Crippen molar-refractivity contribution in [2.45, 2.75) is 52.3 Å². The van der Waals surface area contributed by atoms with Gasteiger partial charge in [0, 0.05) is 132 Å². The lowest BCUT2D eigenvalue weighted by molar-refractivity contribution is 0.0695. The van der Waals surface area contributed by atoms with Crippen LogP contribution in [0.4, 0.5) is 83.7 Å². The van der Waals surface area contributed by atoms with E-state index in [1.807, 2.05) is 44.2 Å². The maximum atomic E-state index is 13.2. The second-order valence-electron chi connectivity index (χ2n) is 20.9. The van der Waals surface area contributed by atoms with Gasteiger partial charge in [-0.1, -0.05) is 50.1 Å². The first kappa shape index (κ1) is 95.9. The third-order valence-electron chi connectivity index (χ3n) is 13.3. The molecule has 105 heavy (non-hydrogen) atoms. The highest BCUT2D eigenvalue weighted by Crippen LogP contribution is 2.31. The number of nitrogens with zero attached hydrogens (tertiary/aromatic N) is 3. The van der Waals surface area contributed by atoms with Gasteiger partial charge in [-0.25, -0.2) is 84.2 Å². The summed E-state index contributed by atoms with van der Waals surface area (Å²) in [5, 5.41) is 40.2. The minimum Gasteiger partial charge on any atom is -0.478 e. The number of aromatic carboxylic acids is 1. The Morgan fingerprint density at radius 1 is 0.562 bits per heavy atom. The maximum Gasteiger partial charge on any atom is 0.353 e. The quantitative estimate of drug-likeness (QED) is 0.0127. The van der Waals surface area contributed by atoms with Crippen LogP contribution < -0.4 is 59.0 Å². The van der Waals surface area contributed by atoms with Crippen molar-refractivity contribution in [1.29, 1.82) is 5.26 Å². The molecule has 7 aromatic rings. The fourth-order valence-corrected chi connectivity index (χ4v) is 12.1. The van der Waals surface area contributed by atoms with Crippen LogP contribution in [0.1, 0.15) is 39.9 Å². The zero-order valence-electron chi connectivity index (χ0n) is 54.3. The van der Waals surface area contributed by atoms with Crippen LogP contribution in [0.3, 0.4) is 0 Å². The number of sulfonamides is 2. The third-order valence-corrected chi connectivity index (χ3v) is 18.3. The molecule has 26 nitrogen and oxygen atoms in total. The topological polar surface area (TPSA) is 471 Å². The van der Waals surface area contributed by atoms with Crippen LogP contribution in [-0.4, -0.2) is 131 Å². The summed E-state index contributed by atoms with van der Waals surface area (Å²) in [5.74, 6) is -12.7. The fourth-order valence-electron chi connectivity index (χ4n) is 8.55. The van der Waals surface area contributed by atoms with E-state index >= 15 is 0 Å². The number of nitrogen functional groups attached to an aromatic ring is 4. The average Bonchev–Trinajstić information content (AvgIpc) is 0.811. The number of nitriles is 1. The molecule has 46 heteroatoms. The van der Waals surface area contributed by atoms with Crippen LogP contribution >= 0.6 is 70.2 Å². The Morgan fingerprint density at radius 2 is 0.962 bits per heavy atom. The zero-order chi connectivity index (χ0) is 79.6. The number of para-hydroxylation sites is 1. The number of aryl methyl sites for hydroxylation is 2. The molecule has 0 amide bonds. The number of nitrogens with one attached hydrogen (secondary N) is 3. The number of piperidine rings is 1. The van der Waals surface area contributed by atoms with Crippen molar-refractivity contribution in [3.63, 3.8) is 0 Å². The van der Waals surface area contributed by atoms with Crippen LogP contribution in [0.25, 0.3) is 0 Å². The highest BCUT2D eigenvalue weighted by atomic mass is 79.9. The number of hydrogen-bond acceptors (Lipinski definition) is 21. The molecule has 9 rings (SSSR count). The van der Waals surface area contributed by atoms with Gasteiger partial charge in [-0.15, -0.1) is 17.0 Å². The summed E-state index contributed by atoms with van der Waals surface area (Å²) < 4.78 is 246. The minimum absolute atomic E-state index is 0. The number of hydrogen-bond donors (Lipinski definition) is 12. The number of rotatable bonds is 13. The number of halogens is 15. The Morgan fingerprint density at radius 3 is 1.38 bits per heavy atom. The minimum atomic E-state index is -4.60. The summed E-state index contributed by atoms with van der Waals surface area (Å²) in [6.45, 7) is 9.98. The van der Waals surface area contributed by atoms with Crippen molar-refractivity contribution in [1.82, 2.24) is 10.6 Å². The third kappa shape index (κ3) is 33.7. The second kappa shape index (κ2) is 43.7. The van der Waals surface area contributed by atoms with E-state index in [0.29, 0.717) is 85.8 Å². The predicted molar refractivity (Wildman–Crippen MR) is 391 cm³/mol. The molecule has 2 fully saturated rings. The first-order valence-electron chi connectivity index (χ1n) is 28.7. The molecular formula is C59H67Br3Cl2F10N12O14S5. The Bertz CT molecular complexity index is 4570. The van der Waals surface area contributed by atoms with Gasteiger partial charge in [-0.3, -0.25) is 9.11 Å². The monoisotopic (exact) mass is 1820 g/mol. The Hall–Kier alpha value is -7.07. The van der Waals surface area contributed by atoms with Gasteiger partial charge >= 0.3 is 15.3 Å². The van der Waals surface area contributed by atoms with Gasteiger partial charge in [0.2, 0.25) is 20.0 Å². The van der Waals surface area contributed by atoms with Gasteiger partial charge in [0.1, 0.15) is 25.7 Å². The molecular weight excluding hydrogens is 1760 g/mol. The van der Waals surface area contributed by atoms with E-state index in [1.54, 1.807) is 11.0 Å². The Balaban J connectivity index is 0.000000626. The molecule has 0 radical (unpaired) electrons. The number of carbonyl (C=O) groups is 1. The average molecular weight is 1830 g/mol. The number of primary sulfonamides is 2. The molecule has 2 aliphatic rings. The number of nitrogens with two attached hydrogens (primary N) is 6. The van der Waals surface area contributed by atoms with Gasteiger partial charge in [0.25, 0.3) is 19.2 Å². The van der Waals surface area contributed by atoms with E-state index in [4.69, 9.17) is 56.3 Å². The van der Waals surface area contributed by atoms with Crippen molar-refractivity contribution >= 4 is 165 Å². The predicted octanol–water partition coefficient (Wildman–Crippen LogP) is 9.96. The van der Waals surface area contributed by atoms with Gasteiger partial charge in [0.05, 0.1) is 39.6 Å². The highest BCUT2D eigenvalue weighted by Gasteiger charge is 2.26. The highest BCUT2D eigenvalue weighted by molar-refractivity contribution is 9.09. The first-order chi connectivity index (χ1) is 48.0. The van der Waals surface area contributed by atoms with E-state index in [0.717, 1.165) is 90.4 Å². The lowest BCUT2D eigenvalue weighted by Gasteiger charge is -2.35. The number of piperazine rings is 1. The molecule has 18 N–H and O–H groups in total. The van der Waals surface area contributed by atoms with Crippen molar-refractivity contribution in [3.8, 4) is 6.07 Å². The number of carboxylic acids is 1. The maximum absolute atomic E-state index is 13.2. The zero-order valence-corrected chi connectivity index (χ0v) is 64.7. The number of benzene rings is 7. The molecule has 0 unspecified atom stereocenters. The SMILES string of the molecule is Br.BrCCNCCBr.Cc1cc(C)c(C(=O)O)cc1NC1CCN(c2ccccc2C#N)CC1.NS(=O)(=O)c1cc(F)c(F)cc1N1CCNCC1.Nc1cc(F)c(F)cc1S(=O)(=O)Cl.Nc1cc(F)c(F)cc1S(=O)(=O)O.Nc1cc(F)c(F)cc1S(N)(=O)=O.Nc1ccc(F)c(F)c1.O=S(=O)(O)Cl. The van der Waals surface area contributed by atoms with Gasteiger partial charge in [-0.05, 0) is 92.4 Å². The largest absolute Gasteiger partial charge is 0.478 e. The number of carboxylic acid groups (broad SMARTS) is 1. The van der Waals surface area contributed by atoms with Crippen molar-refractivity contribution in [2.24, 2.45) is 10.3 Å². The fraction of sp³-hybridized carbons (Fsp3) is 0.254. The van der Waals surface area contributed by atoms with Crippen LogP contribution in [0.2, 0.25) is 0 Å². The molecule has 7 aromatic carbocycles. The Labute approximate surface area is 633 Å². The number of alkyl halides is 2. The lowest BCUT2D eigenvalue weighted by Crippen LogP contribution is -2.44. The summed E-state index contributed by atoms with van der Waals surface area (Å²) in [5.41, 5.74) is 24.1. The summed E-state index contributed by atoms with van der Waals surface area (Å²) in [7, 11) is -12.2. The molecule has 0 saturated carbocycles. The smallest absolute Gasteiger partial charge is 0.353 e. The van der Waals surface area contributed by atoms with E-state index in [1.165, 1.54) is 6.07 Å². The number of anilines is 7. The molecule has 0 aliphatic carbocycles. The van der Waals surface area contributed by atoms with E-state index in [9.17, 15) is 92.7 Å². The van der Waals surface area contributed by atoms with Crippen LogP contribution in [-0.2, 0) is 48.5 Å². The van der Waals surface area contributed by atoms with E-state index in [2.05, 4.69) is 74.6 Å². The van der Waals surface area contributed by atoms with Crippen molar-refractivity contribution in [2.75, 3.05) is 101 Å². The molecule has 582 valence electrons. The molecule has 0 bridgehead atoms. The molecule has 0 atom stereocenters.